The zero-order valence-electron chi connectivity index (χ0n) is 12.8. The number of halogens is 1. The Labute approximate surface area is 129 Å². The molecule has 2 atom stereocenters. The SMILES string of the molecule is C[C@@H](CCc1ccccc1F)C(=O)N1CCC[C@H](C(=O)O)C1. The molecule has 1 aromatic carbocycles. The van der Waals surface area contributed by atoms with Gasteiger partial charge in [-0.25, -0.2) is 4.39 Å². The number of carbonyl (C=O) groups excluding carboxylic acids is 1. The monoisotopic (exact) mass is 307 g/mol. The minimum Gasteiger partial charge on any atom is -0.481 e. The summed E-state index contributed by atoms with van der Waals surface area (Å²) in [6.07, 6.45) is 2.43. The predicted molar refractivity (Wildman–Crippen MR) is 80.8 cm³/mol. The predicted octanol–water partition coefficient (Wildman–Crippen LogP) is 2.72. The Hall–Kier alpha value is -1.91. The average molecular weight is 307 g/mol. The molecule has 1 N–H and O–H groups in total. The van der Waals surface area contributed by atoms with Gasteiger partial charge < -0.3 is 10.0 Å². The highest BCUT2D eigenvalue weighted by atomic mass is 19.1. The number of hydrogen-bond donors (Lipinski definition) is 1. The Kier molecular flexibility index (Phi) is 5.52. The number of aryl methyl sites for hydroxylation is 1. The fraction of sp³-hybridized carbons (Fsp3) is 0.529. The highest BCUT2D eigenvalue weighted by Gasteiger charge is 2.30. The molecule has 1 aliphatic rings. The van der Waals surface area contributed by atoms with Gasteiger partial charge in [-0.2, -0.15) is 0 Å². The highest BCUT2D eigenvalue weighted by molar-refractivity contribution is 5.79. The number of amides is 1. The number of rotatable bonds is 5. The number of nitrogens with zero attached hydrogens (tertiary/aromatic N) is 1. The van der Waals surface area contributed by atoms with E-state index in [1.165, 1.54) is 6.07 Å². The molecule has 0 spiro atoms. The van der Waals surface area contributed by atoms with Crippen molar-refractivity contribution in [2.45, 2.75) is 32.6 Å². The number of carbonyl (C=O) groups is 2. The summed E-state index contributed by atoms with van der Waals surface area (Å²) in [5, 5.41) is 9.08. The first kappa shape index (κ1) is 16.5. The van der Waals surface area contributed by atoms with Crippen molar-refractivity contribution in [1.82, 2.24) is 4.90 Å². The van der Waals surface area contributed by atoms with Crippen LogP contribution in [-0.4, -0.2) is 35.0 Å². The Morgan fingerprint density at radius 1 is 1.41 bits per heavy atom. The molecule has 0 unspecified atom stereocenters. The molecular formula is C17H22FNO3. The van der Waals surface area contributed by atoms with Crippen LogP contribution in [0.15, 0.2) is 24.3 Å². The van der Waals surface area contributed by atoms with Gasteiger partial charge in [-0.05, 0) is 37.3 Å². The molecule has 0 saturated carbocycles. The van der Waals surface area contributed by atoms with Crippen molar-refractivity contribution in [2.24, 2.45) is 11.8 Å². The summed E-state index contributed by atoms with van der Waals surface area (Å²) >= 11 is 0. The maximum absolute atomic E-state index is 13.6. The van der Waals surface area contributed by atoms with Crippen LogP contribution < -0.4 is 0 Å². The van der Waals surface area contributed by atoms with Gasteiger partial charge in [0, 0.05) is 19.0 Å². The number of aliphatic carboxylic acids is 1. The third-order valence-corrected chi connectivity index (χ3v) is 4.31. The first-order valence-corrected chi connectivity index (χ1v) is 7.74. The molecule has 1 amide bonds. The van der Waals surface area contributed by atoms with E-state index in [2.05, 4.69) is 0 Å². The standard InChI is InChI=1S/C17H22FNO3/c1-12(8-9-13-5-2-3-7-15(13)18)16(20)19-10-4-6-14(11-19)17(21)22/h2-3,5,7,12,14H,4,6,8-11H2,1H3,(H,21,22)/t12-,14-/m0/s1. The molecule has 0 aromatic heterocycles. The van der Waals surface area contributed by atoms with Crippen LogP contribution in [0.3, 0.4) is 0 Å². The van der Waals surface area contributed by atoms with E-state index in [9.17, 15) is 14.0 Å². The Morgan fingerprint density at radius 2 is 2.14 bits per heavy atom. The van der Waals surface area contributed by atoms with Gasteiger partial charge in [-0.3, -0.25) is 9.59 Å². The molecule has 1 aliphatic heterocycles. The molecule has 2 rings (SSSR count). The Morgan fingerprint density at radius 3 is 2.82 bits per heavy atom. The van der Waals surface area contributed by atoms with Gasteiger partial charge >= 0.3 is 5.97 Å². The van der Waals surface area contributed by atoms with Gasteiger partial charge in [0.25, 0.3) is 0 Å². The number of hydrogen-bond acceptors (Lipinski definition) is 2. The normalized spacial score (nSPS) is 19.7. The maximum atomic E-state index is 13.6. The van der Waals surface area contributed by atoms with Crippen molar-refractivity contribution >= 4 is 11.9 Å². The number of carboxylic acids is 1. The van der Waals surface area contributed by atoms with E-state index in [4.69, 9.17) is 5.11 Å². The lowest BCUT2D eigenvalue weighted by Gasteiger charge is -2.32. The van der Waals surface area contributed by atoms with Crippen LogP contribution in [0.25, 0.3) is 0 Å². The average Bonchev–Trinajstić information content (AvgIpc) is 2.53. The van der Waals surface area contributed by atoms with Crippen molar-refractivity contribution in [2.75, 3.05) is 13.1 Å². The van der Waals surface area contributed by atoms with E-state index >= 15 is 0 Å². The second-order valence-electron chi connectivity index (χ2n) is 5.99. The van der Waals surface area contributed by atoms with E-state index < -0.39 is 11.9 Å². The van der Waals surface area contributed by atoms with E-state index in [1.807, 2.05) is 6.92 Å². The molecular weight excluding hydrogens is 285 g/mol. The summed E-state index contributed by atoms with van der Waals surface area (Å²) in [4.78, 5) is 25.1. The number of benzene rings is 1. The molecule has 0 aliphatic carbocycles. The van der Waals surface area contributed by atoms with Crippen molar-refractivity contribution in [3.05, 3.63) is 35.6 Å². The summed E-state index contributed by atoms with van der Waals surface area (Å²) in [6, 6.07) is 6.58. The van der Waals surface area contributed by atoms with Gasteiger partial charge in [-0.1, -0.05) is 25.1 Å². The van der Waals surface area contributed by atoms with Crippen LogP contribution in [0.5, 0.6) is 0 Å². The first-order valence-electron chi connectivity index (χ1n) is 7.74. The second-order valence-corrected chi connectivity index (χ2v) is 5.99. The third kappa shape index (κ3) is 4.06. The van der Waals surface area contributed by atoms with Gasteiger partial charge in [0.1, 0.15) is 5.82 Å². The Bertz CT molecular complexity index is 546. The van der Waals surface area contributed by atoms with Crippen LogP contribution in [0, 0.1) is 17.7 Å². The van der Waals surface area contributed by atoms with Crippen LogP contribution in [0.4, 0.5) is 4.39 Å². The van der Waals surface area contributed by atoms with E-state index in [1.54, 1.807) is 23.1 Å². The fourth-order valence-electron chi connectivity index (χ4n) is 2.89. The number of likely N-dealkylation sites (tertiary alicyclic amines) is 1. The largest absolute Gasteiger partial charge is 0.481 e. The molecule has 1 fully saturated rings. The molecule has 120 valence electrons. The molecule has 1 aromatic rings. The summed E-state index contributed by atoms with van der Waals surface area (Å²) in [5.41, 5.74) is 0.615. The molecule has 0 bridgehead atoms. The topological polar surface area (TPSA) is 57.6 Å². The van der Waals surface area contributed by atoms with Gasteiger partial charge in [0.2, 0.25) is 5.91 Å². The van der Waals surface area contributed by atoms with Crippen molar-refractivity contribution in [3.63, 3.8) is 0 Å². The van der Waals surface area contributed by atoms with Gasteiger partial charge in [0.05, 0.1) is 5.92 Å². The molecule has 0 radical (unpaired) electrons. The third-order valence-electron chi connectivity index (χ3n) is 4.31. The van der Waals surface area contributed by atoms with Crippen molar-refractivity contribution < 1.29 is 19.1 Å². The van der Waals surface area contributed by atoms with Crippen LogP contribution >= 0.6 is 0 Å². The van der Waals surface area contributed by atoms with Gasteiger partial charge in [-0.15, -0.1) is 0 Å². The van der Waals surface area contributed by atoms with E-state index in [-0.39, 0.29) is 24.2 Å². The summed E-state index contributed by atoms with van der Waals surface area (Å²) in [6.45, 7) is 2.73. The summed E-state index contributed by atoms with van der Waals surface area (Å²) in [7, 11) is 0. The van der Waals surface area contributed by atoms with Crippen LogP contribution in [-0.2, 0) is 16.0 Å². The fourth-order valence-corrected chi connectivity index (χ4v) is 2.89. The maximum Gasteiger partial charge on any atom is 0.308 e. The van der Waals surface area contributed by atoms with Crippen molar-refractivity contribution in [3.8, 4) is 0 Å². The Balaban J connectivity index is 1.89. The molecule has 4 nitrogen and oxygen atoms in total. The molecule has 5 heteroatoms. The number of carboxylic acid groups (broad SMARTS) is 1. The van der Waals surface area contributed by atoms with E-state index in [0.29, 0.717) is 31.4 Å². The van der Waals surface area contributed by atoms with Gasteiger partial charge in [0.15, 0.2) is 0 Å². The molecule has 1 heterocycles. The second kappa shape index (κ2) is 7.38. The zero-order valence-corrected chi connectivity index (χ0v) is 12.8. The summed E-state index contributed by atoms with van der Waals surface area (Å²) in [5.74, 6) is -1.80. The molecule has 1 saturated heterocycles. The number of piperidine rings is 1. The highest BCUT2D eigenvalue weighted by Crippen LogP contribution is 2.21. The van der Waals surface area contributed by atoms with Crippen LogP contribution in [0.2, 0.25) is 0 Å². The lowest BCUT2D eigenvalue weighted by molar-refractivity contribution is -0.146. The molecule has 22 heavy (non-hydrogen) atoms. The lowest BCUT2D eigenvalue weighted by Crippen LogP contribution is -2.44. The zero-order chi connectivity index (χ0) is 16.1. The van der Waals surface area contributed by atoms with Crippen molar-refractivity contribution in [1.29, 1.82) is 0 Å². The first-order chi connectivity index (χ1) is 10.5. The summed E-state index contributed by atoms with van der Waals surface area (Å²) < 4.78 is 13.6. The van der Waals surface area contributed by atoms with Crippen LogP contribution in [0.1, 0.15) is 31.7 Å². The lowest BCUT2D eigenvalue weighted by atomic mass is 9.95. The minimum atomic E-state index is -0.837. The smallest absolute Gasteiger partial charge is 0.308 e. The minimum absolute atomic E-state index is 0.0257. The quantitative estimate of drug-likeness (QED) is 0.910. The van der Waals surface area contributed by atoms with E-state index in [0.717, 1.165) is 6.42 Å².